The number of carbonyl (C=O) groups is 3. The van der Waals surface area contributed by atoms with Crippen molar-refractivity contribution in [2.45, 2.75) is 33.6 Å². The number of carbonyl (C=O) groups excluding carboxylic acids is 3. The standard InChI is InChI=1S/C14H18O4/c1-4-18-12(17)14-8-6-10(15)9(11(14)16)5-7-13(14,2)3/h6,8-9H,4-5,7H2,1-3H3. The van der Waals surface area contributed by atoms with E-state index >= 15 is 0 Å². The highest BCUT2D eigenvalue weighted by molar-refractivity contribution is 6.20. The van der Waals surface area contributed by atoms with Gasteiger partial charge in [-0.1, -0.05) is 19.9 Å². The Balaban J connectivity index is 2.56. The molecule has 1 fully saturated rings. The lowest BCUT2D eigenvalue weighted by Gasteiger charge is -2.48. The molecule has 18 heavy (non-hydrogen) atoms. The van der Waals surface area contributed by atoms with Crippen LogP contribution in [0.4, 0.5) is 0 Å². The Kier molecular flexibility index (Phi) is 2.92. The molecule has 0 aromatic rings. The second kappa shape index (κ2) is 4.04. The van der Waals surface area contributed by atoms with Crippen molar-refractivity contribution in [1.29, 1.82) is 0 Å². The maximum Gasteiger partial charge on any atom is 0.324 e. The van der Waals surface area contributed by atoms with E-state index in [0.717, 1.165) is 0 Å². The van der Waals surface area contributed by atoms with Crippen LogP contribution < -0.4 is 0 Å². The second-order valence-electron chi connectivity index (χ2n) is 5.60. The first-order valence-electron chi connectivity index (χ1n) is 6.31. The summed E-state index contributed by atoms with van der Waals surface area (Å²) in [6, 6.07) is 0. The fourth-order valence-electron chi connectivity index (χ4n) is 3.03. The first-order chi connectivity index (χ1) is 8.37. The summed E-state index contributed by atoms with van der Waals surface area (Å²) in [4.78, 5) is 36.4. The first kappa shape index (κ1) is 13.0. The molecule has 2 rings (SSSR count). The minimum atomic E-state index is -1.28. The minimum Gasteiger partial charge on any atom is -0.465 e. The molecule has 2 aliphatic rings. The van der Waals surface area contributed by atoms with E-state index in [-0.39, 0.29) is 18.2 Å². The topological polar surface area (TPSA) is 60.4 Å². The summed E-state index contributed by atoms with van der Waals surface area (Å²) in [7, 11) is 0. The molecule has 2 unspecified atom stereocenters. The van der Waals surface area contributed by atoms with Crippen LogP contribution >= 0.6 is 0 Å². The summed E-state index contributed by atoms with van der Waals surface area (Å²) in [5, 5.41) is 0. The molecule has 98 valence electrons. The van der Waals surface area contributed by atoms with E-state index < -0.39 is 22.7 Å². The molecular weight excluding hydrogens is 232 g/mol. The smallest absolute Gasteiger partial charge is 0.324 e. The van der Waals surface area contributed by atoms with Crippen molar-refractivity contribution < 1.29 is 19.1 Å². The highest BCUT2D eigenvalue weighted by atomic mass is 16.5. The van der Waals surface area contributed by atoms with Crippen LogP contribution in [0.5, 0.6) is 0 Å². The van der Waals surface area contributed by atoms with Crippen molar-refractivity contribution >= 4 is 17.5 Å². The molecule has 0 amide bonds. The number of hydrogen-bond donors (Lipinski definition) is 0. The molecule has 0 N–H and O–H groups in total. The van der Waals surface area contributed by atoms with Crippen molar-refractivity contribution in [2.24, 2.45) is 16.7 Å². The highest BCUT2D eigenvalue weighted by Crippen LogP contribution is 2.53. The number of ether oxygens (including phenoxy) is 1. The lowest BCUT2D eigenvalue weighted by molar-refractivity contribution is -0.170. The van der Waals surface area contributed by atoms with Crippen molar-refractivity contribution in [3.63, 3.8) is 0 Å². The zero-order valence-corrected chi connectivity index (χ0v) is 11.0. The van der Waals surface area contributed by atoms with Gasteiger partial charge in [0.25, 0.3) is 0 Å². The van der Waals surface area contributed by atoms with Gasteiger partial charge in [-0.3, -0.25) is 14.4 Å². The molecule has 2 aliphatic carbocycles. The summed E-state index contributed by atoms with van der Waals surface area (Å²) >= 11 is 0. The van der Waals surface area contributed by atoms with Gasteiger partial charge in [-0.15, -0.1) is 0 Å². The zero-order chi connectivity index (χ0) is 13.6. The van der Waals surface area contributed by atoms with Crippen LogP contribution in [0.3, 0.4) is 0 Å². The summed E-state index contributed by atoms with van der Waals surface area (Å²) in [6.45, 7) is 5.72. The number of Topliss-reactive ketones (excluding diaryl/α,β-unsaturated/α-hetero) is 1. The van der Waals surface area contributed by atoms with Crippen molar-refractivity contribution in [1.82, 2.24) is 0 Å². The Morgan fingerprint density at radius 1 is 1.44 bits per heavy atom. The number of allylic oxidation sites excluding steroid dienone is 1. The third-order valence-corrected chi connectivity index (χ3v) is 4.27. The maximum absolute atomic E-state index is 12.5. The van der Waals surface area contributed by atoms with E-state index in [2.05, 4.69) is 0 Å². The third-order valence-electron chi connectivity index (χ3n) is 4.27. The predicted octanol–water partition coefficient (Wildman–Crippen LogP) is 1.68. The van der Waals surface area contributed by atoms with Crippen molar-refractivity contribution in [3.8, 4) is 0 Å². The Labute approximate surface area is 106 Å². The summed E-state index contributed by atoms with van der Waals surface area (Å²) in [5.74, 6) is -1.65. The second-order valence-corrected chi connectivity index (χ2v) is 5.60. The number of hydrogen-bond acceptors (Lipinski definition) is 4. The van der Waals surface area contributed by atoms with Crippen LogP contribution in [-0.2, 0) is 19.1 Å². The SMILES string of the molecule is CCOC(=O)C12C=CC(=O)C(CCC1(C)C)C2=O. The van der Waals surface area contributed by atoms with Gasteiger partial charge in [0.2, 0.25) is 0 Å². The van der Waals surface area contributed by atoms with Crippen molar-refractivity contribution in [2.75, 3.05) is 6.61 Å². The molecule has 2 atom stereocenters. The summed E-state index contributed by atoms with van der Waals surface area (Å²) < 4.78 is 5.08. The van der Waals surface area contributed by atoms with Gasteiger partial charge >= 0.3 is 5.97 Å². The monoisotopic (exact) mass is 250 g/mol. The Bertz CT molecular complexity index is 447. The fraction of sp³-hybridized carbons (Fsp3) is 0.643. The van der Waals surface area contributed by atoms with Gasteiger partial charge in [0.05, 0.1) is 12.5 Å². The highest BCUT2D eigenvalue weighted by Gasteiger charge is 2.62. The number of fused-ring (bicyclic) bond motifs is 2. The molecule has 0 radical (unpaired) electrons. The van der Waals surface area contributed by atoms with Gasteiger partial charge in [0, 0.05) is 0 Å². The van der Waals surface area contributed by atoms with E-state index in [1.54, 1.807) is 6.92 Å². The fourth-order valence-corrected chi connectivity index (χ4v) is 3.03. The molecule has 0 aliphatic heterocycles. The van der Waals surface area contributed by atoms with E-state index in [0.29, 0.717) is 12.8 Å². The van der Waals surface area contributed by atoms with Crippen LogP contribution in [0.15, 0.2) is 12.2 Å². The molecule has 0 aromatic heterocycles. The van der Waals surface area contributed by atoms with Gasteiger partial charge in [0.1, 0.15) is 0 Å². The predicted molar refractivity (Wildman–Crippen MR) is 64.7 cm³/mol. The number of rotatable bonds is 2. The van der Waals surface area contributed by atoms with Crippen LogP contribution in [-0.4, -0.2) is 24.1 Å². The van der Waals surface area contributed by atoms with Crippen LogP contribution in [0.1, 0.15) is 33.6 Å². The maximum atomic E-state index is 12.5. The average molecular weight is 250 g/mol. The molecule has 0 aromatic carbocycles. The van der Waals surface area contributed by atoms with E-state index in [1.807, 2.05) is 13.8 Å². The Morgan fingerprint density at radius 3 is 2.72 bits per heavy atom. The van der Waals surface area contributed by atoms with Gasteiger partial charge in [-0.2, -0.15) is 0 Å². The molecule has 4 heteroatoms. The molecule has 4 nitrogen and oxygen atoms in total. The van der Waals surface area contributed by atoms with E-state index in [9.17, 15) is 14.4 Å². The third kappa shape index (κ3) is 1.48. The van der Waals surface area contributed by atoms with Crippen molar-refractivity contribution in [3.05, 3.63) is 12.2 Å². The quantitative estimate of drug-likeness (QED) is 0.552. The molecule has 0 heterocycles. The van der Waals surface area contributed by atoms with Gasteiger partial charge < -0.3 is 4.74 Å². The summed E-state index contributed by atoms with van der Waals surface area (Å²) in [5.41, 5.74) is -1.79. The summed E-state index contributed by atoms with van der Waals surface area (Å²) in [6.07, 6.45) is 4.03. The van der Waals surface area contributed by atoms with Gasteiger partial charge in [-0.05, 0) is 31.3 Å². The van der Waals surface area contributed by atoms with Gasteiger partial charge in [-0.25, -0.2) is 0 Å². The minimum absolute atomic E-state index is 0.185. The Hall–Kier alpha value is -1.45. The lowest BCUT2D eigenvalue weighted by atomic mass is 9.52. The first-order valence-corrected chi connectivity index (χ1v) is 6.31. The molecule has 0 spiro atoms. The largest absolute Gasteiger partial charge is 0.465 e. The van der Waals surface area contributed by atoms with E-state index in [1.165, 1.54) is 12.2 Å². The lowest BCUT2D eigenvalue weighted by Crippen LogP contribution is -2.58. The Morgan fingerprint density at radius 2 is 2.11 bits per heavy atom. The van der Waals surface area contributed by atoms with Crippen LogP contribution in [0.2, 0.25) is 0 Å². The van der Waals surface area contributed by atoms with E-state index in [4.69, 9.17) is 4.74 Å². The molecule has 2 bridgehead atoms. The normalized spacial score (nSPS) is 33.4. The van der Waals surface area contributed by atoms with Crippen LogP contribution in [0.25, 0.3) is 0 Å². The van der Waals surface area contributed by atoms with Crippen LogP contribution in [0, 0.1) is 16.7 Å². The number of ketones is 2. The van der Waals surface area contributed by atoms with Gasteiger partial charge in [0.15, 0.2) is 17.0 Å². The zero-order valence-electron chi connectivity index (χ0n) is 11.0. The molecule has 0 saturated heterocycles. The number of esters is 1. The molecule has 1 saturated carbocycles. The molecular formula is C14H18O4. The average Bonchev–Trinajstić information content (AvgIpc) is 2.27.